The number of hydrogen-bond acceptors (Lipinski definition) is 0. The van der Waals surface area contributed by atoms with E-state index in [1.54, 1.807) is 12.1 Å². The third kappa shape index (κ3) is 2.53. The van der Waals surface area contributed by atoms with Crippen molar-refractivity contribution in [3.8, 4) is 0 Å². The molecule has 0 aromatic heterocycles. The average molecular weight is 263 g/mol. The van der Waals surface area contributed by atoms with E-state index < -0.39 is 10.7 Å². The molecule has 0 aliphatic heterocycles. The number of alkyl halides is 3. The maximum Gasteiger partial charge on any atom is 0.261 e. The Hall–Kier alpha value is -0.440. The lowest BCUT2D eigenvalue weighted by molar-refractivity contribution is 0.0213. The molecule has 0 heterocycles. The quantitative estimate of drug-likeness (QED) is 0.694. The highest BCUT2D eigenvalue weighted by molar-refractivity contribution is 9.09. The first-order valence-electron chi connectivity index (χ1n) is 4.41. The molecule has 0 spiro atoms. The first-order valence-corrected chi connectivity index (χ1v) is 5.33. The van der Waals surface area contributed by atoms with Gasteiger partial charge in [-0.3, -0.25) is 0 Å². The summed E-state index contributed by atoms with van der Waals surface area (Å²) >= 11 is 3.02. The van der Waals surface area contributed by atoms with E-state index in [1.807, 2.05) is 19.9 Å². The maximum atomic E-state index is 13.0. The molecule has 14 heavy (non-hydrogen) atoms. The van der Waals surface area contributed by atoms with Crippen LogP contribution in [0.15, 0.2) is 18.2 Å². The maximum absolute atomic E-state index is 13.0. The van der Waals surface area contributed by atoms with Gasteiger partial charge in [0.2, 0.25) is 0 Å². The second-order valence-electron chi connectivity index (χ2n) is 3.66. The van der Waals surface area contributed by atoms with Gasteiger partial charge in [-0.25, -0.2) is 8.78 Å². The predicted molar refractivity (Wildman–Crippen MR) is 58.2 cm³/mol. The van der Waals surface area contributed by atoms with E-state index in [2.05, 4.69) is 15.9 Å². The van der Waals surface area contributed by atoms with Crippen LogP contribution in [0, 0.1) is 13.8 Å². The van der Waals surface area contributed by atoms with E-state index in [0.717, 1.165) is 18.1 Å². The Morgan fingerprint density at radius 1 is 1.21 bits per heavy atom. The van der Waals surface area contributed by atoms with Crippen molar-refractivity contribution in [2.45, 2.75) is 31.5 Å². The smallest absolute Gasteiger partial charge is 0.206 e. The van der Waals surface area contributed by atoms with Crippen LogP contribution in [0.2, 0.25) is 0 Å². The van der Waals surface area contributed by atoms with E-state index in [0.29, 0.717) is 5.56 Å². The Bertz CT molecular complexity index is 329. The van der Waals surface area contributed by atoms with Crippen molar-refractivity contribution in [1.29, 1.82) is 0 Å². The van der Waals surface area contributed by atoms with Gasteiger partial charge in [0, 0.05) is 6.92 Å². The topological polar surface area (TPSA) is 0 Å². The largest absolute Gasteiger partial charge is 0.261 e. The van der Waals surface area contributed by atoms with Crippen LogP contribution in [-0.4, -0.2) is 5.92 Å². The number of aryl methyl sites for hydroxylation is 2. The molecule has 1 aromatic carbocycles. The molecule has 0 bridgehead atoms. The molecule has 0 aliphatic rings. The Kier molecular flexibility index (Phi) is 3.30. The molecular weight excluding hydrogens is 250 g/mol. The van der Waals surface area contributed by atoms with Gasteiger partial charge in [0.05, 0.1) is 0 Å². The third-order valence-electron chi connectivity index (χ3n) is 2.27. The zero-order valence-corrected chi connectivity index (χ0v) is 10.0. The number of hydrogen-bond donors (Lipinski definition) is 0. The molecule has 0 saturated heterocycles. The molecular formula is C11H13BrF2. The van der Waals surface area contributed by atoms with Crippen molar-refractivity contribution in [3.63, 3.8) is 0 Å². The summed E-state index contributed by atoms with van der Waals surface area (Å²) in [6, 6.07) is 5.40. The van der Waals surface area contributed by atoms with E-state index in [1.165, 1.54) is 0 Å². The fourth-order valence-corrected chi connectivity index (χ4v) is 1.50. The van der Waals surface area contributed by atoms with Crippen molar-refractivity contribution in [3.05, 3.63) is 34.9 Å². The van der Waals surface area contributed by atoms with Crippen LogP contribution in [0.1, 0.15) is 28.4 Å². The highest BCUT2D eigenvalue weighted by Gasteiger charge is 2.33. The Labute approximate surface area is 91.5 Å². The van der Waals surface area contributed by atoms with Crippen LogP contribution in [0.5, 0.6) is 0 Å². The minimum atomic E-state index is -2.73. The molecule has 1 rings (SSSR count). The van der Waals surface area contributed by atoms with Crippen LogP contribution in [0.4, 0.5) is 8.78 Å². The predicted octanol–water partition coefficient (Wildman–Crippen LogP) is 4.39. The van der Waals surface area contributed by atoms with Crippen LogP contribution in [0.3, 0.4) is 0 Å². The van der Waals surface area contributed by atoms with Crippen LogP contribution < -0.4 is 0 Å². The Morgan fingerprint density at radius 3 is 2.21 bits per heavy atom. The van der Waals surface area contributed by atoms with Gasteiger partial charge in [-0.15, -0.1) is 0 Å². The van der Waals surface area contributed by atoms with Crippen molar-refractivity contribution < 1.29 is 8.78 Å². The van der Waals surface area contributed by atoms with E-state index in [-0.39, 0.29) is 0 Å². The van der Waals surface area contributed by atoms with Gasteiger partial charge < -0.3 is 0 Å². The van der Waals surface area contributed by atoms with Crippen molar-refractivity contribution in [1.82, 2.24) is 0 Å². The zero-order valence-electron chi connectivity index (χ0n) is 8.44. The van der Waals surface area contributed by atoms with E-state index in [9.17, 15) is 8.78 Å². The van der Waals surface area contributed by atoms with Gasteiger partial charge in [-0.05, 0) is 30.5 Å². The standard InChI is InChI=1S/C11H13BrF2/c1-7-4-5-9(6-8(7)2)10(12)11(3,13)14/h4-6,10H,1-3H3. The van der Waals surface area contributed by atoms with E-state index >= 15 is 0 Å². The lowest BCUT2D eigenvalue weighted by Crippen LogP contribution is -2.17. The normalized spacial score (nSPS) is 14.1. The molecule has 1 unspecified atom stereocenters. The molecule has 0 fully saturated rings. The molecule has 0 amide bonds. The van der Waals surface area contributed by atoms with Crippen molar-refractivity contribution >= 4 is 15.9 Å². The average Bonchev–Trinajstić information content (AvgIpc) is 2.07. The van der Waals surface area contributed by atoms with Crippen molar-refractivity contribution in [2.24, 2.45) is 0 Å². The number of halogens is 3. The lowest BCUT2D eigenvalue weighted by Gasteiger charge is -2.18. The second kappa shape index (κ2) is 3.97. The summed E-state index contributed by atoms with van der Waals surface area (Å²) in [6.45, 7) is 4.81. The minimum absolute atomic E-state index is 0.626. The van der Waals surface area contributed by atoms with Gasteiger partial charge in [-0.1, -0.05) is 34.1 Å². The monoisotopic (exact) mass is 262 g/mol. The van der Waals surface area contributed by atoms with Crippen LogP contribution in [-0.2, 0) is 0 Å². The molecule has 78 valence electrons. The molecule has 0 aliphatic carbocycles. The molecule has 1 aromatic rings. The molecule has 0 N–H and O–H groups in total. The van der Waals surface area contributed by atoms with Gasteiger partial charge >= 0.3 is 0 Å². The van der Waals surface area contributed by atoms with Gasteiger partial charge in [0.1, 0.15) is 4.83 Å². The Morgan fingerprint density at radius 2 is 1.79 bits per heavy atom. The lowest BCUT2D eigenvalue weighted by atomic mass is 10.0. The van der Waals surface area contributed by atoms with E-state index in [4.69, 9.17) is 0 Å². The summed E-state index contributed by atoms with van der Waals surface area (Å²) in [5, 5.41) is 0. The van der Waals surface area contributed by atoms with Crippen LogP contribution >= 0.6 is 15.9 Å². The summed E-state index contributed by atoms with van der Waals surface area (Å²) in [5.74, 6) is -2.73. The minimum Gasteiger partial charge on any atom is -0.206 e. The highest BCUT2D eigenvalue weighted by atomic mass is 79.9. The molecule has 1 atom stereocenters. The second-order valence-corrected chi connectivity index (χ2v) is 4.58. The highest BCUT2D eigenvalue weighted by Crippen LogP contribution is 2.38. The van der Waals surface area contributed by atoms with Gasteiger partial charge in [0.15, 0.2) is 0 Å². The fourth-order valence-electron chi connectivity index (χ4n) is 1.21. The van der Waals surface area contributed by atoms with Gasteiger partial charge in [-0.2, -0.15) is 0 Å². The summed E-state index contributed by atoms with van der Waals surface area (Å²) in [7, 11) is 0. The molecule has 0 nitrogen and oxygen atoms in total. The zero-order chi connectivity index (χ0) is 10.9. The summed E-state index contributed by atoms with van der Waals surface area (Å²) in [5.41, 5.74) is 2.78. The number of benzene rings is 1. The summed E-state index contributed by atoms with van der Waals surface area (Å²) in [4.78, 5) is -0.908. The summed E-state index contributed by atoms with van der Waals surface area (Å²) < 4.78 is 26.0. The van der Waals surface area contributed by atoms with Crippen molar-refractivity contribution in [2.75, 3.05) is 0 Å². The summed E-state index contributed by atoms with van der Waals surface area (Å²) in [6.07, 6.45) is 0. The third-order valence-corrected chi connectivity index (χ3v) is 3.60. The molecule has 0 radical (unpaired) electrons. The Balaban J connectivity index is 3.03. The number of rotatable bonds is 2. The first kappa shape index (κ1) is 11.6. The molecule has 3 heteroatoms. The molecule has 0 saturated carbocycles. The fraction of sp³-hybridized carbons (Fsp3) is 0.455. The first-order chi connectivity index (χ1) is 6.32. The van der Waals surface area contributed by atoms with Crippen LogP contribution in [0.25, 0.3) is 0 Å². The van der Waals surface area contributed by atoms with Gasteiger partial charge in [0.25, 0.3) is 5.92 Å². The SMILES string of the molecule is Cc1ccc(C(Br)C(C)(F)F)cc1C.